The van der Waals surface area contributed by atoms with E-state index in [1.165, 1.54) is 12.1 Å². The molecule has 2 aromatic carbocycles. The normalized spacial score (nSPS) is 12.2. The molecule has 0 aliphatic carbocycles. The molecule has 2 rings (SSSR count). The fraction of sp³-hybridized carbons (Fsp3) is 0.250. The summed E-state index contributed by atoms with van der Waals surface area (Å²) in [6.07, 6.45) is -0.727. The summed E-state index contributed by atoms with van der Waals surface area (Å²) in [7, 11) is 1.89. The van der Waals surface area contributed by atoms with E-state index in [9.17, 15) is 9.50 Å². The molecule has 0 bridgehead atoms. The van der Waals surface area contributed by atoms with Crippen molar-refractivity contribution in [1.82, 2.24) is 0 Å². The van der Waals surface area contributed by atoms with E-state index in [1.807, 2.05) is 36.2 Å². The smallest absolute Gasteiger partial charge is 0.123 e. The average molecular weight is 294 g/mol. The summed E-state index contributed by atoms with van der Waals surface area (Å²) in [6, 6.07) is 12.0. The number of halogens is 2. The molecule has 1 N–H and O–H groups in total. The molecule has 0 aliphatic rings. The van der Waals surface area contributed by atoms with E-state index in [4.69, 9.17) is 11.6 Å². The minimum absolute atomic E-state index is 0.351. The number of rotatable bonds is 4. The summed E-state index contributed by atoms with van der Waals surface area (Å²) in [5.41, 5.74) is 2.35. The highest BCUT2D eigenvalue weighted by Crippen LogP contribution is 2.28. The Morgan fingerprint density at radius 3 is 2.60 bits per heavy atom. The van der Waals surface area contributed by atoms with Gasteiger partial charge in [-0.15, -0.1) is 0 Å². The fourth-order valence-electron chi connectivity index (χ4n) is 2.17. The Morgan fingerprint density at radius 1 is 1.25 bits per heavy atom. The summed E-state index contributed by atoms with van der Waals surface area (Å²) in [5, 5.41) is 10.5. The van der Waals surface area contributed by atoms with Gasteiger partial charge in [0.15, 0.2) is 0 Å². The van der Waals surface area contributed by atoms with Crippen LogP contribution in [0.3, 0.4) is 0 Å². The van der Waals surface area contributed by atoms with Crippen LogP contribution in [0.1, 0.15) is 24.2 Å². The van der Waals surface area contributed by atoms with Crippen LogP contribution in [0.2, 0.25) is 5.02 Å². The topological polar surface area (TPSA) is 23.5 Å². The molecule has 0 spiro atoms. The zero-order chi connectivity index (χ0) is 14.7. The molecule has 0 radical (unpaired) electrons. The van der Waals surface area contributed by atoms with E-state index in [-0.39, 0.29) is 5.82 Å². The molecule has 0 aliphatic heterocycles. The van der Waals surface area contributed by atoms with E-state index in [1.54, 1.807) is 13.0 Å². The van der Waals surface area contributed by atoms with Crippen molar-refractivity contribution in [1.29, 1.82) is 0 Å². The van der Waals surface area contributed by atoms with Gasteiger partial charge in [0.05, 0.1) is 6.10 Å². The Hall–Kier alpha value is -1.58. The van der Waals surface area contributed by atoms with Crippen molar-refractivity contribution in [3.8, 4) is 0 Å². The lowest BCUT2D eigenvalue weighted by Crippen LogP contribution is -2.19. The first-order chi connectivity index (χ1) is 9.49. The Bertz CT molecular complexity index is 601. The van der Waals surface area contributed by atoms with Crippen molar-refractivity contribution in [2.45, 2.75) is 19.6 Å². The SMILES string of the molecule is CC(O)c1cc(F)ccc1N(C)Cc1ccccc1Cl. The lowest BCUT2D eigenvalue weighted by Gasteiger charge is -2.24. The summed E-state index contributed by atoms with van der Waals surface area (Å²) >= 11 is 6.15. The van der Waals surface area contributed by atoms with Crippen LogP contribution in [0, 0.1) is 5.82 Å². The van der Waals surface area contributed by atoms with Gasteiger partial charge in [0.1, 0.15) is 5.82 Å². The highest BCUT2D eigenvalue weighted by Gasteiger charge is 2.13. The third kappa shape index (κ3) is 3.30. The van der Waals surface area contributed by atoms with Crippen molar-refractivity contribution >= 4 is 17.3 Å². The molecule has 0 aromatic heterocycles. The van der Waals surface area contributed by atoms with Crippen molar-refractivity contribution in [2.24, 2.45) is 0 Å². The van der Waals surface area contributed by atoms with Crippen LogP contribution in [-0.2, 0) is 6.54 Å². The van der Waals surface area contributed by atoms with Crippen molar-refractivity contribution < 1.29 is 9.50 Å². The van der Waals surface area contributed by atoms with Gasteiger partial charge in [0, 0.05) is 29.9 Å². The third-order valence-corrected chi connectivity index (χ3v) is 3.58. The monoisotopic (exact) mass is 293 g/mol. The van der Waals surface area contributed by atoms with Crippen LogP contribution in [0.5, 0.6) is 0 Å². The van der Waals surface area contributed by atoms with Gasteiger partial charge in [0.25, 0.3) is 0 Å². The fourth-order valence-corrected chi connectivity index (χ4v) is 2.37. The van der Waals surface area contributed by atoms with Gasteiger partial charge in [-0.05, 0) is 36.8 Å². The number of hydrogen-bond acceptors (Lipinski definition) is 2. The van der Waals surface area contributed by atoms with Crippen LogP contribution in [-0.4, -0.2) is 12.2 Å². The van der Waals surface area contributed by atoms with E-state index >= 15 is 0 Å². The zero-order valence-corrected chi connectivity index (χ0v) is 12.2. The summed E-state index contributed by atoms with van der Waals surface area (Å²) in [4.78, 5) is 1.95. The van der Waals surface area contributed by atoms with Gasteiger partial charge >= 0.3 is 0 Å². The summed E-state index contributed by atoms with van der Waals surface area (Å²) in [5.74, 6) is -0.351. The van der Waals surface area contributed by atoms with Crippen molar-refractivity contribution in [3.63, 3.8) is 0 Å². The van der Waals surface area contributed by atoms with Crippen LogP contribution < -0.4 is 4.90 Å². The lowest BCUT2D eigenvalue weighted by atomic mass is 10.1. The molecule has 0 amide bonds. The number of aliphatic hydroxyl groups excluding tert-OH is 1. The van der Waals surface area contributed by atoms with E-state index in [2.05, 4.69) is 0 Å². The number of anilines is 1. The van der Waals surface area contributed by atoms with E-state index in [0.29, 0.717) is 17.1 Å². The van der Waals surface area contributed by atoms with Crippen molar-refractivity contribution in [2.75, 3.05) is 11.9 Å². The molecule has 106 valence electrons. The predicted molar refractivity (Wildman–Crippen MR) is 80.6 cm³/mol. The molecule has 0 saturated heterocycles. The number of hydrogen-bond donors (Lipinski definition) is 1. The Kier molecular flexibility index (Phi) is 4.63. The second kappa shape index (κ2) is 6.25. The quantitative estimate of drug-likeness (QED) is 0.914. The first-order valence-corrected chi connectivity index (χ1v) is 6.79. The molecule has 0 heterocycles. The molecular weight excluding hydrogens is 277 g/mol. The highest BCUT2D eigenvalue weighted by atomic mass is 35.5. The summed E-state index contributed by atoms with van der Waals surface area (Å²) < 4.78 is 13.3. The average Bonchev–Trinajstić information content (AvgIpc) is 2.41. The van der Waals surface area contributed by atoms with Gasteiger partial charge < -0.3 is 10.0 Å². The molecule has 1 atom stereocenters. The highest BCUT2D eigenvalue weighted by molar-refractivity contribution is 6.31. The first-order valence-electron chi connectivity index (χ1n) is 6.41. The Balaban J connectivity index is 2.30. The number of nitrogens with zero attached hydrogens (tertiary/aromatic N) is 1. The molecule has 2 aromatic rings. The van der Waals surface area contributed by atoms with Crippen LogP contribution >= 0.6 is 11.6 Å². The maximum Gasteiger partial charge on any atom is 0.123 e. The second-order valence-corrected chi connectivity index (χ2v) is 5.23. The van der Waals surface area contributed by atoms with Gasteiger partial charge in [-0.3, -0.25) is 0 Å². The van der Waals surface area contributed by atoms with E-state index < -0.39 is 6.10 Å². The van der Waals surface area contributed by atoms with Gasteiger partial charge in [-0.2, -0.15) is 0 Å². The van der Waals surface area contributed by atoms with Crippen molar-refractivity contribution in [3.05, 3.63) is 64.4 Å². The van der Waals surface area contributed by atoms with Crippen LogP contribution in [0.15, 0.2) is 42.5 Å². The minimum atomic E-state index is -0.727. The minimum Gasteiger partial charge on any atom is -0.389 e. The maximum atomic E-state index is 13.3. The second-order valence-electron chi connectivity index (χ2n) is 4.83. The third-order valence-electron chi connectivity index (χ3n) is 3.22. The van der Waals surface area contributed by atoms with Gasteiger partial charge in [0.2, 0.25) is 0 Å². The standard InChI is InChI=1S/C16H17ClFNO/c1-11(20)14-9-13(18)7-8-16(14)19(2)10-12-5-3-4-6-15(12)17/h3-9,11,20H,10H2,1-2H3. The van der Waals surface area contributed by atoms with Crippen LogP contribution in [0.4, 0.5) is 10.1 Å². The van der Waals surface area contributed by atoms with E-state index in [0.717, 1.165) is 11.3 Å². The van der Waals surface area contributed by atoms with Gasteiger partial charge in [-0.25, -0.2) is 4.39 Å². The molecule has 2 nitrogen and oxygen atoms in total. The largest absolute Gasteiger partial charge is 0.389 e. The number of aliphatic hydroxyl groups is 1. The molecule has 0 fully saturated rings. The zero-order valence-electron chi connectivity index (χ0n) is 11.5. The Labute approximate surface area is 123 Å². The van der Waals surface area contributed by atoms with Crippen LogP contribution in [0.25, 0.3) is 0 Å². The Morgan fingerprint density at radius 2 is 1.95 bits per heavy atom. The molecule has 0 saturated carbocycles. The maximum absolute atomic E-state index is 13.3. The molecular formula is C16H17ClFNO. The lowest BCUT2D eigenvalue weighted by molar-refractivity contribution is 0.199. The molecule has 4 heteroatoms. The number of benzene rings is 2. The first kappa shape index (κ1) is 14.8. The van der Waals surface area contributed by atoms with Gasteiger partial charge in [-0.1, -0.05) is 29.8 Å². The molecule has 1 unspecified atom stereocenters. The predicted octanol–water partition coefficient (Wildman–Crippen LogP) is 4.17. The molecule has 20 heavy (non-hydrogen) atoms. The summed E-state index contributed by atoms with van der Waals surface area (Å²) in [6.45, 7) is 2.21.